The Bertz CT molecular complexity index is 644. The van der Waals surface area contributed by atoms with Gasteiger partial charge in [0.15, 0.2) is 0 Å². The summed E-state index contributed by atoms with van der Waals surface area (Å²) in [5.74, 6) is 0. The molecule has 2 aromatic rings. The molecule has 0 radical (unpaired) electrons. The molecule has 0 aliphatic rings. The SMILES string of the molecule is Nc1ccc(Nc2cc(Cl)cc(C(F)(F)F)c2)c(Br)c1. The summed E-state index contributed by atoms with van der Waals surface area (Å²) in [6, 6.07) is 8.24. The van der Waals surface area contributed by atoms with Crippen molar-refractivity contribution in [1.29, 1.82) is 0 Å². The maximum atomic E-state index is 12.7. The van der Waals surface area contributed by atoms with Crippen molar-refractivity contribution in [3.63, 3.8) is 0 Å². The maximum Gasteiger partial charge on any atom is 0.416 e. The monoisotopic (exact) mass is 364 g/mol. The van der Waals surface area contributed by atoms with Crippen LogP contribution in [0.3, 0.4) is 0 Å². The Hall–Kier alpha value is -1.40. The summed E-state index contributed by atoms with van der Waals surface area (Å²) in [5, 5.41) is 2.87. The highest BCUT2D eigenvalue weighted by Crippen LogP contribution is 2.35. The number of nitrogens with one attached hydrogen (secondary N) is 1. The normalized spacial score (nSPS) is 11.4. The van der Waals surface area contributed by atoms with Gasteiger partial charge in [0.05, 0.1) is 11.3 Å². The molecule has 2 aromatic carbocycles. The molecule has 7 heteroatoms. The fourth-order valence-corrected chi connectivity index (χ4v) is 2.34. The molecule has 0 bridgehead atoms. The number of nitrogens with two attached hydrogens (primary N) is 1. The molecule has 3 N–H and O–H groups in total. The van der Waals surface area contributed by atoms with Gasteiger partial charge in [-0.15, -0.1) is 0 Å². The average molecular weight is 366 g/mol. The molecular weight excluding hydrogens is 357 g/mol. The van der Waals surface area contributed by atoms with Gasteiger partial charge in [-0.2, -0.15) is 13.2 Å². The Balaban J connectivity index is 2.36. The van der Waals surface area contributed by atoms with E-state index in [9.17, 15) is 13.2 Å². The van der Waals surface area contributed by atoms with E-state index in [1.807, 2.05) is 0 Å². The first-order chi connectivity index (χ1) is 9.25. The summed E-state index contributed by atoms with van der Waals surface area (Å²) >= 11 is 9.00. The van der Waals surface area contributed by atoms with E-state index in [0.29, 0.717) is 15.8 Å². The van der Waals surface area contributed by atoms with Crippen molar-refractivity contribution >= 4 is 44.6 Å². The summed E-state index contributed by atoms with van der Waals surface area (Å²) in [4.78, 5) is 0. The fraction of sp³-hybridized carbons (Fsp3) is 0.0769. The van der Waals surface area contributed by atoms with Gasteiger partial charge in [0, 0.05) is 20.9 Å². The largest absolute Gasteiger partial charge is 0.416 e. The molecule has 0 aliphatic carbocycles. The summed E-state index contributed by atoms with van der Waals surface area (Å²) in [6.07, 6.45) is -4.44. The highest BCUT2D eigenvalue weighted by Gasteiger charge is 2.31. The molecule has 0 heterocycles. The standard InChI is InChI=1S/C13H9BrClF3N2/c14-11-6-9(19)1-2-12(11)20-10-4-7(13(16,17)18)3-8(15)5-10/h1-6,20H,19H2. The number of halogens is 5. The molecule has 0 spiro atoms. The van der Waals surface area contributed by atoms with Crippen molar-refractivity contribution in [1.82, 2.24) is 0 Å². The van der Waals surface area contributed by atoms with E-state index in [1.54, 1.807) is 18.2 Å². The third-order valence-corrected chi connectivity index (χ3v) is 3.37. The molecule has 0 amide bonds. The number of alkyl halides is 3. The Kier molecular flexibility index (Phi) is 4.15. The highest BCUT2D eigenvalue weighted by atomic mass is 79.9. The Labute approximate surface area is 126 Å². The Morgan fingerprint density at radius 2 is 1.80 bits per heavy atom. The van der Waals surface area contributed by atoms with Crippen LogP contribution in [0, 0.1) is 0 Å². The van der Waals surface area contributed by atoms with E-state index >= 15 is 0 Å². The molecule has 2 nitrogen and oxygen atoms in total. The van der Waals surface area contributed by atoms with Gasteiger partial charge in [0.25, 0.3) is 0 Å². The fourth-order valence-electron chi connectivity index (χ4n) is 1.61. The topological polar surface area (TPSA) is 38.0 Å². The van der Waals surface area contributed by atoms with Gasteiger partial charge in [-0.1, -0.05) is 11.6 Å². The van der Waals surface area contributed by atoms with Crippen LogP contribution in [-0.2, 0) is 6.18 Å². The van der Waals surface area contributed by atoms with Crippen molar-refractivity contribution in [2.75, 3.05) is 11.1 Å². The molecule has 0 aromatic heterocycles. The van der Waals surface area contributed by atoms with Crippen LogP contribution in [0.25, 0.3) is 0 Å². The van der Waals surface area contributed by atoms with Crippen LogP contribution < -0.4 is 11.1 Å². The molecule has 0 atom stereocenters. The van der Waals surface area contributed by atoms with Crippen molar-refractivity contribution in [2.24, 2.45) is 0 Å². The van der Waals surface area contributed by atoms with E-state index in [1.165, 1.54) is 6.07 Å². The zero-order valence-electron chi connectivity index (χ0n) is 9.93. The van der Waals surface area contributed by atoms with Crippen LogP contribution in [0.1, 0.15) is 5.56 Å². The van der Waals surface area contributed by atoms with E-state index in [0.717, 1.165) is 12.1 Å². The van der Waals surface area contributed by atoms with Crippen molar-refractivity contribution in [3.8, 4) is 0 Å². The van der Waals surface area contributed by atoms with Gasteiger partial charge in [0.1, 0.15) is 0 Å². The quantitative estimate of drug-likeness (QED) is 0.695. The smallest absolute Gasteiger partial charge is 0.399 e. The van der Waals surface area contributed by atoms with Crippen molar-refractivity contribution in [2.45, 2.75) is 6.18 Å². The molecule has 106 valence electrons. The third-order valence-electron chi connectivity index (χ3n) is 2.50. The van der Waals surface area contributed by atoms with Gasteiger partial charge >= 0.3 is 6.18 Å². The van der Waals surface area contributed by atoms with Crippen LogP contribution in [0.2, 0.25) is 5.02 Å². The molecule has 2 rings (SSSR count). The lowest BCUT2D eigenvalue weighted by Gasteiger charge is -2.13. The number of hydrogen-bond acceptors (Lipinski definition) is 2. The van der Waals surface area contributed by atoms with Gasteiger partial charge in [-0.25, -0.2) is 0 Å². The Morgan fingerprint density at radius 1 is 1.10 bits per heavy atom. The lowest BCUT2D eigenvalue weighted by molar-refractivity contribution is -0.137. The predicted molar refractivity (Wildman–Crippen MR) is 78.3 cm³/mol. The van der Waals surface area contributed by atoms with Crippen LogP contribution in [-0.4, -0.2) is 0 Å². The summed E-state index contributed by atoms with van der Waals surface area (Å²) in [5.41, 5.74) is 6.18. The van der Waals surface area contributed by atoms with Crippen LogP contribution >= 0.6 is 27.5 Å². The molecule has 0 saturated carbocycles. The zero-order chi connectivity index (χ0) is 14.9. The number of hydrogen-bond donors (Lipinski definition) is 2. The van der Waals surface area contributed by atoms with Gasteiger partial charge < -0.3 is 11.1 Å². The summed E-state index contributed by atoms with van der Waals surface area (Å²) in [7, 11) is 0. The van der Waals surface area contributed by atoms with Crippen LogP contribution in [0.15, 0.2) is 40.9 Å². The van der Waals surface area contributed by atoms with Crippen LogP contribution in [0.4, 0.5) is 30.2 Å². The highest BCUT2D eigenvalue weighted by molar-refractivity contribution is 9.10. The first kappa shape index (κ1) is 15.0. The Morgan fingerprint density at radius 3 is 2.40 bits per heavy atom. The predicted octanol–water partition coefficient (Wildman–Crippen LogP) is 5.45. The maximum absolute atomic E-state index is 12.7. The number of anilines is 3. The third kappa shape index (κ3) is 3.58. The van der Waals surface area contributed by atoms with E-state index < -0.39 is 11.7 Å². The minimum atomic E-state index is -4.44. The molecule has 0 unspecified atom stereocenters. The first-order valence-electron chi connectivity index (χ1n) is 5.45. The molecule has 0 fully saturated rings. The first-order valence-corrected chi connectivity index (χ1v) is 6.62. The second-order valence-electron chi connectivity index (χ2n) is 4.09. The second kappa shape index (κ2) is 5.54. The number of benzene rings is 2. The van der Waals surface area contributed by atoms with Crippen molar-refractivity contribution in [3.05, 3.63) is 51.5 Å². The lowest BCUT2D eigenvalue weighted by Crippen LogP contribution is -2.05. The average Bonchev–Trinajstić information content (AvgIpc) is 2.31. The van der Waals surface area contributed by atoms with E-state index in [4.69, 9.17) is 17.3 Å². The second-order valence-corrected chi connectivity index (χ2v) is 5.38. The summed E-state index contributed by atoms with van der Waals surface area (Å²) in [6.45, 7) is 0. The van der Waals surface area contributed by atoms with Gasteiger partial charge in [0.2, 0.25) is 0 Å². The van der Waals surface area contributed by atoms with Crippen LogP contribution in [0.5, 0.6) is 0 Å². The summed E-state index contributed by atoms with van der Waals surface area (Å²) < 4.78 is 38.8. The molecular formula is C13H9BrClF3N2. The zero-order valence-corrected chi connectivity index (χ0v) is 12.3. The van der Waals surface area contributed by atoms with E-state index in [2.05, 4.69) is 21.2 Å². The minimum absolute atomic E-state index is 0.00823. The molecule has 0 aliphatic heterocycles. The van der Waals surface area contributed by atoms with Gasteiger partial charge in [-0.3, -0.25) is 0 Å². The minimum Gasteiger partial charge on any atom is -0.399 e. The number of rotatable bonds is 2. The van der Waals surface area contributed by atoms with Crippen molar-refractivity contribution < 1.29 is 13.2 Å². The molecule has 20 heavy (non-hydrogen) atoms. The number of nitrogen functional groups attached to an aromatic ring is 1. The molecule has 0 saturated heterocycles. The van der Waals surface area contributed by atoms with Gasteiger partial charge in [-0.05, 0) is 52.3 Å². The lowest BCUT2D eigenvalue weighted by atomic mass is 10.2. The van der Waals surface area contributed by atoms with E-state index in [-0.39, 0.29) is 10.7 Å².